The van der Waals surface area contributed by atoms with E-state index in [0.717, 1.165) is 5.56 Å². The van der Waals surface area contributed by atoms with Crippen molar-refractivity contribution in [1.29, 1.82) is 0 Å². The largest absolute Gasteiger partial charge is 0.407 e. The lowest BCUT2D eigenvalue weighted by atomic mass is 10.2. The normalized spacial score (nSPS) is 18.0. The van der Waals surface area contributed by atoms with E-state index in [9.17, 15) is 21.6 Å². The molecule has 0 amide bonds. The van der Waals surface area contributed by atoms with Crippen molar-refractivity contribution in [3.63, 3.8) is 0 Å². The lowest BCUT2D eigenvalue weighted by Crippen LogP contribution is -2.47. The number of alkyl halides is 3. The lowest BCUT2D eigenvalue weighted by molar-refractivity contribution is -0.160. The van der Waals surface area contributed by atoms with Gasteiger partial charge in [-0.1, -0.05) is 12.1 Å². The van der Waals surface area contributed by atoms with Gasteiger partial charge >= 0.3 is 6.18 Å². The Bertz CT molecular complexity index is 578. The van der Waals surface area contributed by atoms with E-state index in [1.54, 1.807) is 23.9 Å². The third-order valence-corrected chi connectivity index (χ3v) is 4.79. The van der Waals surface area contributed by atoms with Gasteiger partial charge in [0.2, 0.25) is 10.0 Å². The molecule has 0 radical (unpaired) electrons. The van der Waals surface area contributed by atoms with Gasteiger partial charge in [0.15, 0.2) is 0 Å². The molecule has 0 saturated heterocycles. The Labute approximate surface area is 115 Å². The second-order valence-corrected chi connectivity index (χ2v) is 6.54. The van der Waals surface area contributed by atoms with Crippen molar-refractivity contribution in [1.82, 2.24) is 10.0 Å². The van der Waals surface area contributed by atoms with Crippen LogP contribution in [-0.2, 0) is 16.6 Å². The molecule has 0 aliphatic heterocycles. The molecule has 0 unspecified atom stereocenters. The maximum absolute atomic E-state index is 12.8. The predicted octanol–water partition coefficient (Wildman–Crippen LogP) is 1.78. The summed E-state index contributed by atoms with van der Waals surface area (Å²) >= 11 is 0. The summed E-state index contributed by atoms with van der Waals surface area (Å²) in [5.74, 6) is 0. The highest BCUT2D eigenvalue weighted by molar-refractivity contribution is 7.89. The number of rotatable bonds is 5. The molecule has 4 nitrogen and oxygen atoms in total. The van der Waals surface area contributed by atoms with Gasteiger partial charge in [0.1, 0.15) is 5.54 Å². The summed E-state index contributed by atoms with van der Waals surface area (Å²) in [6.45, 7) is 0.556. The Kier molecular flexibility index (Phi) is 3.83. The maximum Gasteiger partial charge on any atom is 0.407 e. The van der Waals surface area contributed by atoms with Gasteiger partial charge in [-0.3, -0.25) is 0 Å². The molecular formula is C12H15F3N2O2S. The second kappa shape index (κ2) is 5.01. The average Bonchev–Trinajstić information content (AvgIpc) is 3.10. The first-order valence-electron chi connectivity index (χ1n) is 6.04. The van der Waals surface area contributed by atoms with Crippen LogP contribution in [0.3, 0.4) is 0 Å². The topological polar surface area (TPSA) is 58.2 Å². The van der Waals surface area contributed by atoms with Gasteiger partial charge in [-0.2, -0.15) is 17.9 Å². The number of hydrogen-bond acceptors (Lipinski definition) is 3. The van der Waals surface area contributed by atoms with Gasteiger partial charge in [-0.15, -0.1) is 0 Å². The minimum atomic E-state index is -4.56. The summed E-state index contributed by atoms with van der Waals surface area (Å²) in [7, 11) is -2.42. The maximum atomic E-state index is 12.8. The van der Waals surface area contributed by atoms with Gasteiger partial charge in [0.25, 0.3) is 0 Å². The number of nitrogens with one attached hydrogen (secondary N) is 2. The van der Waals surface area contributed by atoms with Crippen LogP contribution in [0.25, 0.3) is 0 Å². The molecule has 0 aromatic heterocycles. The fourth-order valence-electron chi connectivity index (χ4n) is 1.88. The van der Waals surface area contributed by atoms with E-state index in [2.05, 4.69) is 5.32 Å². The fourth-order valence-corrected chi connectivity index (χ4v) is 3.32. The molecule has 1 aliphatic rings. The Hall–Kier alpha value is -1.12. The van der Waals surface area contributed by atoms with Crippen molar-refractivity contribution in [3.05, 3.63) is 29.8 Å². The lowest BCUT2D eigenvalue weighted by Gasteiger charge is -2.20. The highest BCUT2D eigenvalue weighted by Gasteiger charge is 2.65. The number of sulfonamides is 1. The Balaban J connectivity index is 2.19. The monoisotopic (exact) mass is 308 g/mol. The fraction of sp³-hybridized carbons (Fsp3) is 0.500. The SMILES string of the molecule is CNCc1ccc(S(=O)(=O)NC2(C(F)(F)F)CC2)cc1. The van der Waals surface area contributed by atoms with Crippen molar-refractivity contribution in [3.8, 4) is 0 Å². The Morgan fingerprint density at radius 2 is 1.75 bits per heavy atom. The molecule has 0 heterocycles. The molecule has 0 bridgehead atoms. The molecule has 20 heavy (non-hydrogen) atoms. The molecule has 112 valence electrons. The van der Waals surface area contributed by atoms with Gasteiger partial charge in [0.05, 0.1) is 4.90 Å². The first-order valence-corrected chi connectivity index (χ1v) is 7.53. The van der Waals surface area contributed by atoms with Crippen LogP contribution >= 0.6 is 0 Å². The Morgan fingerprint density at radius 3 is 2.15 bits per heavy atom. The molecule has 2 rings (SSSR count). The van der Waals surface area contributed by atoms with Gasteiger partial charge in [-0.05, 0) is 37.6 Å². The first-order chi connectivity index (χ1) is 9.20. The third kappa shape index (κ3) is 2.97. The molecular weight excluding hydrogens is 293 g/mol. The van der Waals surface area contributed by atoms with Crippen LogP contribution in [0.15, 0.2) is 29.2 Å². The van der Waals surface area contributed by atoms with Crippen molar-refractivity contribution < 1.29 is 21.6 Å². The van der Waals surface area contributed by atoms with E-state index in [1.807, 2.05) is 0 Å². The van der Waals surface area contributed by atoms with Gasteiger partial charge in [0, 0.05) is 6.54 Å². The molecule has 1 fully saturated rings. The number of benzene rings is 1. The van der Waals surface area contributed by atoms with Gasteiger partial charge in [-0.25, -0.2) is 8.42 Å². The van der Waals surface area contributed by atoms with Crippen LogP contribution in [0.5, 0.6) is 0 Å². The molecule has 1 saturated carbocycles. The van der Waals surface area contributed by atoms with E-state index in [0.29, 0.717) is 6.54 Å². The van der Waals surface area contributed by atoms with Crippen LogP contribution < -0.4 is 10.0 Å². The van der Waals surface area contributed by atoms with E-state index in [-0.39, 0.29) is 17.7 Å². The summed E-state index contributed by atoms with van der Waals surface area (Å²) in [4.78, 5) is -0.159. The van der Waals surface area contributed by atoms with E-state index in [1.165, 1.54) is 12.1 Å². The molecule has 0 atom stereocenters. The molecule has 8 heteroatoms. The van der Waals surface area contributed by atoms with Crippen molar-refractivity contribution in [2.75, 3.05) is 7.05 Å². The average molecular weight is 308 g/mol. The highest BCUT2D eigenvalue weighted by atomic mass is 32.2. The zero-order valence-corrected chi connectivity index (χ0v) is 11.6. The van der Waals surface area contributed by atoms with Crippen LogP contribution in [0.2, 0.25) is 0 Å². The predicted molar refractivity (Wildman–Crippen MR) is 67.5 cm³/mol. The molecule has 1 aromatic rings. The quantitative estimate of drug-likeness (QED) is 0.872. The minimum absolute atomic E-state index is 0.159. The van der Waals surface area contributed by atoms with Crippen LogP contribution in [-0.4, -0.2) is 27.2 Å². The van der Waals surface area contributed by atoms with Gasteiger partial charge < -0.3 is 5.32 Å². The standard InChI is InChI=1S/C12H15F3N2O2S/c1-16-8-9-2-4-10(5-3-9)20(18,19)17-11(6-7-11)12(13,14)15/h2-5,16-17H,6-8H2,1H3. The molecule has 1 aliphatic carbocycles. The third-order valence-electron chi connectivity index (χ3n) is 3.24. The first kappa shape index (κ1) is 15.3. The van der Waals surface area contributed by atoms with Crippen molar-refractivity contribution in [2.24, 2.45) is 0 Å². The molecule has 0 spiro atoms. The highest BCUT2D eigenvalue weighted by Crippen LogP contribution is 2.49. The van der Waals surface area contributed by atoms with Crippen LogP contribution in [0.4, 0.5) is 13.2 Å². The van der Waals surface area contributed by atoms with E-state index >= 15 is 0 Å². The second-order valence-electron chi connectivity index (χ2n) is 4.86. The summed E-state index contributed by atoms with van der Waals surface area (Å²) in [6, 6.07) is 5.75. The summed E-state index contributed by atoms with van der Waals surface area (Å²) in [6.07, 6.45) is -4.99. The zero-order chi connectivity index (χ0) is 15.0. The summed E-state index contributed by atoms with van der Waals surface area (Å²) in [5, 5.41) is 2.90. The molecule has 2 N–H and O–H groups in total. The van der Waals surface area contributed by atoms with Crippen LogP contribution in [0, 0.1) is 0 Å². The number of halogens is 3. The zero-order valence-electron chi connectivity index (χ0n) is 10.8. The summed E-state index contributed by atoms with van der Waals surface area (Å²) in [5.41, 5.74) is -1.43. The Morgan fingerprint density at radius 1 is 1.20 bits per heavy atom. The van der Waals surface area contributed by atoms with E-state index in [4.69, 9.17) is 0 Å². The van der Waals surface area contributed by atoms with Crippen molar-refractivity contribution >= 4 is 10.0 Å². The minimum Gasteiger partial charge on any atom is -0.316 e. The smallest absolute Gasteiger partial charge is 0.316 e. The van der Waals surface area contributed by atoms with E-state index < -0.39 is 21.7 Å². The van der Waals surface area contributed by atoms with Crippen molar-refractivity contribution in [2.45, 2.75) is 36.0 Å². The number of hydrogen-bond donors (Lipinski definition) is 2. The van der Waals surface area contributed by atoms with Crippen LogP contribution in [0.1, 0.15) is 18.4 Å². The molecule has 1 aromatic carbocycles. The summed E-state index contributed by atoms with van der Waals surface area (Å²) < 4.78 is 64.1.